The molecule has 0 aromatic carbocycles. The summed E-state index contributed by atoms with van der Waals surface area (Å²) in [5.74, 6) is -1.66. The maximum absolute atomic E-state index is 11.6. The summed E-state index contributed by atoms with van der Waals surface area (Å²) in [5.41, 5.74) is 0.326. The molecule has 3 atom stereocenters. The van der Waals surface area contributed by atoms with Gasteiger partial charge in [0, 0.05) is 17.4 Å². The molecule has 1 fully saturated rings. The molecular weight excluding hydrogens is 303 g/mol. The summed E-state index contributed by atoms with van der Waals surface area (Å²) in [7, 11) is 0. The molecule has 1 aliphatic carbocycles. The third kappa shape index (κ3) is 4.60. The standard InChI is InChI=1S/C14H18Cl2O4/c1-8(2)14(19)20-7-6-9-4-3-5-10(12(15)17)11(9)13(16)18/h9-11H,1,3-7H2,2H3. The number of rotatable bonds is 6. The highest BCUT2D eigenvalue weighted by atomic mass is 35.5. The quantitative estimate of drug-likeness (QED) is 0.428. The van der Waals surface area contributed by atoms with Gasteiger partial charge >= 0.3 is 5.97 Å². The van der Waals surface area contributed by atoms with E-state index >= 15 is 0 Å². The normalized spacial score (nSPS) is 25.9. The third-order valence-corrected chi connectivity index (χ3v) is 4.19. The molecule has 0 heterocycles. The fourth-order valence-corrected chi connectivity index (χ4v) is 3.21. The first-order chi connectivity index (χ1) is 9.34. The monoisotopic (exact) mass is 320 g/mol. The lowest BCUT2D eigenvalue weighted by molar-refractivity contribution is -0.140. The zero-order valence-corrected chi connectivity index (χ0v) is 12.9. The van der Waals surface area contributed by atoms with Gasteiger partial charge in [-0.05, 0) is 55.3 Å². The molecule has 0 saturated heterocycles. The predicted molar refractivity (Wildman–Crippen MR) is 76.4 cm³/mol. The largest absolute Gasteiger partial charge is 0.462 e. The topological polar surface area (TPSA) is 60.4 Å². The summed E-state index contributed by atoms with van der Waals surface area (Å²) in [6.07, 6.45) is 2.65. The molecule has 1 aliphatic rings. The molecule has 20 heavy (non-hydrogen) atoms. The second kappa shape index (κ2) is 7.79. The summed E-state index contributed by atoms with van der Waals surface area (Å²) in [4.78, 5) is 34.2. The Balaban J connectivity index is 2.62. The van der Waals surface area contributed by atoms with Crippen LogP contribution in [0.15, 0.2) is 12.2 Å². The van der Waals surface area contributed by atoms with Crippen LogP contribution in [0.3, 0.4) is 0 Å². The van der Waals surface area contributed by atoms with Gasteiger partial charge in [0.15, 0.2) is 0 Å². The van der Waals surface area contributed by atoms with Gasteiger partial charge in [0.25, 0.3) is 0 Å². The number of esters is 1. The van der Waals surface area contributed by atoms with Gasteiger partial charge in [-0.15, -0.1) is 0 Å². The van der Waals surface area contributed by atoms with E-state index in [0.717, 1.165) is 12.8 Å². The van der Waals surface area contributed by atoms with Crippen molar-refractivity contribution in [3.05, 3.63) is 12.2 Å². The average Bonchev–Trinajstić information content (AvgIpc) is 2.37. The van der Waals surface area contributed by atoms with E-state index < -0.39 is 28.3 Å². The molecule has 6 heteroatoms. The van der Waals surface area contributed by atoms with Crippen molar-refractivity contribution in [3.8, 4) is 0 Å². The van der Waals surface area contributed by atoms with Crippen molar-refractivity contribution in [1.29, 1.82) is 0 Å². The highest BCUT2D eigenvalue weighted by molar-refractivity contribution is 6.66. The van der Waals surface area contributed by atoms with Crippen molar-refractivity contribution < 1.29 is 19.1 Å². The van der Waals surface area contributed by atoms with Crippen LogP contribution in [0.2, 0.25) is 0 Å². The number of halogens is 2. The molecule has 0 N–H and O–H groups in total. The summed E-state index contributed by atoms with van der Waals surface area (Å²) >= 11 is 11.2. The molecule has 3 unspecified atom stereocenters. The van der Waals surface area contributed by atoms with Crippen molar-refractivity contribution >= 4 is 39.7 Å². The van der Waals surface area contributed by atoms with Gasteiger partial charge in [-0.25, -0.2) is 4.79 Å². The Labute approximate surface area is 128 Å². The molecule has 0 aromatic heterocycles. The van der Waals surface area contributed by atoms with E-state index in [0.29, 0.717) is 18.4 Å². The van der Waals surface area contributed by atoms with E-state index in [4.69, 9.17) is 27.9 Å². The Morgan fingerprint density at radius 2 is 1.85 bits per heavy atom. The van der Waals surface area contributed by atoms with Gasteiger partial charge < -0.3 is 4.74 Å². The Kier molecular flexibility index (Phi) is 6.69. The fourth-order valence-electron chi connectivity index (χ4n) is 2.64. The van der Waals surface area contributed by atoms with Gasteiger partial charge in [0.2, 0.25) is 10.5 Å². The smallest absolute Gasteiger partial charge is 0.333 e. The maximum Gasteiger partial charge on any atom is 0.333 e. The van der Waals surface area contributed by atoms with Gasteiger partial charge in [-0.3, -0.25) is 9.59 Å². The fraction of sp³-hybridized carbons (Fsp3) is 0.643. The van der Waals surface area contributed by atoms with Crippen molar-refractivity contribution in [1.82, 2.24) is 0 Å². The van der Waals surface area contributed by atoms with E-state index in [9.17, 15) is 14.4 Å². The summed E-state index contributed by atoms with van der Waals surface area (Å²) in [6, 6.07) is 0. The van der Waals surface area contributed by atoms with E-state index in [-0.39, 0.29) is 12.5 Å². The van der Waals surface area contributed by atoms with Crippen LogP contribution in [0.1, 0.15) is 32.6 Å². The van der Waals surface area contributed by atoms with Crippen LogP contribution in [-0.2, 0) is 19.1 Å². The SMILES string of the molecule is C=C(C)C(=O)OCCC1CCCC(C(=O)Cl)C1C(=O)Cl. The molecule has 1 rings (SSSR count). The van der Waals surface area contributed by atoms with E-state index in [2.05, 4.69) is 6.58 Å². The van der Waals surface area contributed by atoms with Crippen LogP contribution in [0.5, 0.6) is 0 Å². The van der Waals surface area contributed by atoms with Gasteiger partial charge in [0.1, 0.15) is 0 Å². The summed E-state index contributed by atoms with van der Waals surface area (Å²) in [5, 5.41) is -1.06. The van der Waals surface area contributed by atoms with Crippen LogP contribution in [0, 0.1) is 17.8 Å². The van der Waals surface area contributed by atoms with Crippen LogP contribution in [0.4, 0.5) is 0 Å². The predicted octanol–water partition coefficient (Wildman–Crippen LogP) is 3.06. The Morgan fingerprint density at radius 1 is 1.20 bits per heavy atom. The lowest BCUT2D eigenvalue weighted by Crippen LogP contribution is -2.36. The molecule has 112 valence electrons. The Bertz CT molecular complexity index is 419. The number of carbonyl (C=O) groups is 3. The third-order valence-electron chi connectivity index (χ3n) is 3.66. The van der Waals surface area contributed by atoms with Gasteiger partial charge in [-0.2, -0.15) is 0 Å². The lowest BCUT2D eigenvalue weighted by Gasteiger charge is -2.33. The summed E-state index contributed by atoms with van der Waals surface area (Å²) < 4.78 is 5.02. The van der Waals surface area contributed by atoms with Gasteiger partial charge in [-0.1, -0.05) is 13.0 Å². The average molecular weight is 321 g/mol. The lowest BCUT2D eigenvalue weighted by atomic mass is 9.72. The Hall–Kier alpha value is -0.870. The maximum atomic E-state index is 11.6. The molecule has 4 nitrogen and oxygen atoms in total. The van der Waals surface area contributed by atoms with E-state index in [1.54, 1.807) is 6.92 Å². The molecule has 0 aromatic rings. The van der Waals surface area contributed by atoms with Crippen molar-refractivity contribution in [2.45, 2.75) is 32.6 Å². The highest BCUT2D eigenvalue weighted by Gasteiger charge is 2.40. The van der Waals surface area contributed by atoms with Crippen LogP contribution in [-0.4, -0.2) is 23.1 Å². The molecule has 1 saturated carbocycles. The molecule has 0 aliphatic heterocycles. The first-order valence-corrected chi connectivity index (χ1v) is 7.31. The number of hydrogen-bond acceptors (Lipinski definition) is 4. The minimum atomic E-state index is -0.584. The number of ether oxygens (including phenoxy) is 1. The van der Waals surface area contributed by atoms with Crippen LogP contribution < -0.4 is 0 Å². The molecular formula is C14H18Cl2O4. The van der Waals surface area contributed by atoms with E-state index in [1.807, 2.05) is 0 Å². The van der Waals surface area contributed by atoms with Crippen LogP contribution >= 0.6 is 23.2 Å². The minimum absolute atomic E-state index is 0.0839. The minimum Gasteiger partial charge on any atom is -0.462 e. The second-order valence-corrected chi connectivity index (χ2v) is 5.88. The molecule has 0 radical (unpaired) electrons. The highest BCUT2D eigenvalue weighted by Crippen LogP contribution is 2.39. The zero-order valence-electron chi connectivity index (χ0n) is 11.4. The second-order valence-electron chi connectivity index (χ2n) is 5.14. The first kappa shape index (κ1) is 17.2. The van der Waals surface area contributed by atoms with Crippen molar-refractivity contribution in [2.24, 2.45) is 17.8 Å². The van der Waals surface area contributed by atoms with Gasteiger partial charge in [0.05, 0.1) is 6.61 Å². The van der Waals surface area contributed by atoms with Crippen LogP contribution in [0.25, 0.3) is 0 Å². The Morgan fingerprint density at radius 3 is 2.35 bits per heavy atom. The summed E-state index contributed by atoms with van der Waals surface area (Å²) in [6.45, 7) is 5.23. The van der Waals surface area contributed by atoms with Crippen molar-refractivity contribution in [2.75, 3.05) is 6.61 Å². The molecule has 0 amide bonds. The number of hydrogen-bond donors (Lipinski definition) is 0. The zero-order chi connectivity index (χ0) is 15.3. The van der Waals surface area contributed by atoms with Crippen molar-refractivity contribution in [3.63, 3.8) is 0 Å². The first-order valence-electron chi connectivity index (χ1n) is 6.56. The van der Waals surface area contributed by atoms with E-state index in [1.165, 1.54) is 0 Å². The molecule has 0 spiro atoms. The number of carbonyl (C=O) groups excluding carboxylic acids is 3. The molecule has 0 bridgehead atoms.